The maximum Gasteiger partial charge on any atom is 0.135 e. The number of ketones is 1. The van der Waals surface area contributed by atoms with Crippen molar-refractivity contribution < 1.29 is 4.79 Å². The van der Waals surface area contributed by atoms with Gasteiger partial charge in [0.2, 0.25) is 0 Å². The van der Waals surface area contributed by atoms with Crippen LogP contribution in [-0.4, -0.2) is 5.78 Å². The van der Waals surface area contributed by atoms with E-state index in [1.165, 1.54) is 32.1 Å². The lowest BCUT2D eigenvalue weighted by atomic mass is 9.95. The Hall–Kier alpha value is -0.330. The molecule has 0 N–H and O–H groups in total. The molecule has 0 amide bonds. The van der Waals surface area contributed by atoms with Crippen LogP contribution in [0.25, 0.3) is 0 Å². The maximum atomic E-state index is 11.7. The van der Waals surface area contributed by atoms with Crippen LogP contribution >= 0.6 is 0 Å². The summed E-state index contributed by atoms with van der Waals surface area (Å²) in [6, 6.07) is 0. The molecule has 1 nitrogen and oxygen atoms in total. The fourth-order valence-electron chi connectivity index (χ4n) is 2.73. The number of carbonyl (C=O) groups excluding carboxylic acids is 1. The summed E-state index contributed by atoms with van der Waals surface area (Å²) in [4.78, 5) is 11.7. The largest absolute Gasteiger partial charge is 0.299 e. The van der Waals surface area contributed by atoms with Crippen LogP contribution in [0.2, 0.25) is 0 Å². The molecule has 0 heterocycles. The van der Waals surface area contributed by atoms with Gasteiger partial charge in [0.15, 0.2) is 0 Å². The van der Waals surface area contributed by atoms with Crippen molar-refractivity contribution in [3.8, 4) is 0 Å². The maximum absolute atomic E-state index is 11.7. The Bertz CT molecular complexity index is 187. The first-order valence-electron chi connectivity index (χ1n) is 5.84. The lowest BCUT2D eigenvalue weighted by molar-refractivity contribution is -0.123. The first-order chi connectivity index (χ1) is 6.31. The molecule has 0 spiro atoms. The van der Waals surface area contributed by atoms with Crippen molar-refractivity contribution in [3.63, 3.8) is 0 Å². The number of fused-ring (bicyclic) bond motifs is 1. The smallest absolute Gasteiger partial charge is 0.135 e. The molecule has 74 valence electrons. The molecule has 2 aliphatic rings. The highest BCUT2D eigenvalue weighted by Gasteiger charge is 2.47. The van der Waals surface area contributed by atoms with Crippen molar-refractivity contribution in [1.82, 2.24) is 0 Å². The normalized spacial score (nSPS) is 35.9. The first kappa shape index (κ1) is 9.23. The molecule has 2 fully saturated rings. The van der Waals surface area contributed by atoms with Gasteiger partial charge in [0, 0.05) is 12.3 Å². The second-order valence-electron chi connectivity index (χ2n) is 4.85. The van der Waals surface area contributed by atoms with E-state index in [1.807, 2.05) is 0 Å². The van der Waals surface area contributed by atoms with Gasteiger partial charge in [-0.1, -0.05) is 19.8 Å². The van der Waals surface area contributed by atoms with Gasteiger partial charge in [-0.3, -0.25) is 4.79 Å². The van der Waals surface area contributed by atoms with Crippen LogP contribution < -0.4 is 0 Å². The number of Topliss-reactive ketones (excluding diaryl/α,β-unsaturated/α-hetero) is 1. The highest BCUT2D eigenvalue weighted by Crippen LogP contribution is 2.54. The van der Waals surface area contributed by atoms with Crippen LogP contribution in [0, 0.1) is 17.8 Å². The van der Waals surface area contributed by atoms with E-state index in [0.717, 1.165) is 24.7 Å². The number of rotatable bonds is 5. The Morgan fingerprint density at radius 3 is 2.46 bits per heavy atom. The zero-order chi connectivity index (χ0) is 9.26. The third kappa shape index (κ3) is 2.12. The minimum Gasteiger partial charge on any atom is -0.299 e. The summed E-state index contributed by atoms with van der Waals surface area (Å²) in [5.74, 6) is 2.96. The summed E-state index contributed by atoms with van der Waals surface area (Å²) >= 11 is 0. The number of carbonyl (C=O) groups is 1. The van der Waals surface area contributed by atoms with Crippen LogP contribution in [0.4, 0.5) is 0 Å². The summed E-state index contributed by atoms with van der Waals surface area (Å²) in [5, 5.41) is 0. The Labute approximate surface area is 80.9 Å². The molecule has 2 atom stereocenters. The van der Waals surface area contributed by atoms with E-state index in [-0.39, 0.29) is 0 Å². The minimum atomic E-state index is 0.473. The average Bonchev–Trinajstić information content (AvgIpc) is 2.74. The van der Waals surface area contributed by atoms with Crippen molar-refractivity contribution in [3.05, 3.63) is 0 Å². The Kier molecular flexibility index (Phi) is 2.71. The van der Waals surface area contributed by atoms with Gasteiger partial charge in [0.1, 0.15) is 5.78 Å². The number of hydrogen-bond donors (Lipinski definition) is 0. The van der Waals surface area contributed by atoms with E-state index in [9.17, 15) is 4.79 Å². The van der Waals surface area contributed by atoms with Crippen molar-refractivity contribution in [2.24, 2.45) is 17.8 Å². The highest BCUT2D eigenvalue weighted by atomic mass is 16.1. The molecule has 2 saturated carbocycles. The molecule has 2 rings (SSSR count). The monoisotopic (exact) mass is 180 g/mol. The SMILES string of the molecule is CCCCCC(=O)C1CC2CC2C1. The van der Waals surface area contributed by atoms with Crippen LogP contribution in [0.5, 0.6) is 0 Å². The summed E-state index contributed by atoms with van der Waals surface area (Å²) in [5.41, 5.74) is 0. The van der Waals surface area contributed by atoms with Gasteiger partial charge < -0.3 is 0 Å². The van der Waals surface area contributed by atoms with Crippen molar-refractivity contribution in [2.75, 3.05) is 0 Å². The van der Waals surface area contributed by atoms with Gasteiger partial charge in [-0.2, -0.15) is 0 Å². The Morgan fingerprint density at radius 2 is 1.85 bits per heavy atom. The standard InChI is InChI=1S/C12H20O/c1-2-3-4-5-12(13)11-7-9-6-10(9)8-11/h9-11H,2-8H2,1H3. The third-order valence-corrected chi connectivity index (χ3v) is 3.73. The van der Waals surface area contributed by atoms with Gasteiger partial charge in [-0.25, -0.2) is 0 Å². The molecular formula is C12H20O. The fourth-order valence-corrected chi connectivity index (χ4v) is 2.73. The van der Waals surface area contributed by atoms with E-state index in [2.05, 4.69) is 6.92 Å². The molecule has 0 bridgehead atoms. The summed E-state index contributed by atoms with van der Waals surface area (Å²) in [7, 11) is 0. The quantitative estimate of drug-likeness (QED) is 0.594. The van der Waals surface area contributed by atoms with E-state index in [1.54, 1.807) is 0 Å². The zero-order valence-corrected chi connectivity index (χ0v) is 8.59. The third-order valence-electron chi connectivity index (χ3n) is 3.73. The lowest BCUT2D eigenvalue weighted by Crippen LogP contribution is -2.12. The van der Waals surface area contributed by atoms with Gasteiger partial charge in [-0.15, -0.1) is 0 Å². The van der Waals surface area contributed by atoms with E-state index >= 15 is 0 Å². The van der Waals surface area contributed by atoms with Gasteiger partial charge in [0.25, 0.3) is 0 Å². The Balaban J connectivity index is 1.66. The first-order valence-corrected chi connectivity index (χ1v) is 5.84. The van der Waals surface area contributed by atoms with Crippen LogP contribution in [0.1, 0.15) is 51.9 Å². The molecule has 0 aromatic carbocycles. The lowest BCUT2D eigenvalue weighted by Gasteiger charge is -2.09. The van der Waals surface area contributed by atoms with E-state index in [4.69, 9.17) is 0 Å². The molecule has 13 heavy (non-hydrogen) atoms. The second kappa shape index (κ2) is 3.81. The summed E-state index contributed by atoms with van der Waals surface area (Å²) in [6.07, 6.45) is 8.33. The van der Waals surface area contributed by atoms with Gasteiger partial charge in [0.05, 0.1) is 0 Å². The van der Waals surface area contributed by atoms with Crippen LogP contribution in [0.15, 0.2) is 0 Å². The van der Waals surface area contributed by atoms with Crippen molar-refractivity contribution in [1.29, 1.82) is 0 Å². The molecule has 0 aromatic heterocycles. The summed E-state index contributed by atoms with van der Waals surface area (Å²) in [6.45, 7) is 2.19. The molecule has 0 saturated heterocycles. The van der Waals surface area contributed by atoms with E-state index < -0.39 is 0 Å². The average molecular weight is 180 g/mol. The second-order valence-corrected chi connectivity index (χ2v) is 4.85. The van der Waals surface area contributed by atoms with Crippen molar-refractivity contribution >= 4 is 5.78 Å². The zero-order valence-electron chi connectivity index (χ0n) is 8.59. The molecule has 0 aliphatic heterocycles. The van der Waals surface area contributed by atoms with Crippen LogP contribution in [0.3, 0.4) is 0 Å². The van der Waals surface area contributed by atoms with Gasteiger partial charge in [-0.05, 0) is 37.5 Å². The minimum absolute atomic E-state index is 0.473. The Morgan fingerprint density at radius 1 is 1.15 bits per heavy atom. The number of unbranched alkanes of at least 4 members (excludes halogenated alkanes) is 2. The molecule has 1 heteroatoms. The fraction of sp³-hybridized carbons (Fsp3) is 0.917. The van der Waals surface area contributed by atoms with Gasteiger partial charge >= 0.3 is 0 Å². The molecule has 2 unspecified atom stereocenters. The van der Waals surface area contributed by atoms with Crippen LogP contribution in [-0.2, 0) is 4.79 Å². The van der Waals surface area contributed by atoms with E-state index in [0.29, 0.717) is 11.7 Å². The molecule has 0 aromatic rings. The topological polar surface area (TPSA) is 17.1 Å². The van der Waals surface area contributed by atoms with Crippen molar-refractivity contribution in [2.45, 2.75) is 51.9 Å². The predicted molar refractivity (Wildman–Crippen MR) is 53.5 cm³/mol. The summed E-state index contributed by atoms with van der Waals surface area (Å²) < 4.78 is 0. The predicted octanol–water partition coefficient (Wildman–Crippen LogP) is 3.18. The molecule has 2 aliphatic carbocycles. The molecular weight excluding hydrogens is 160 g/mol. The molecule has 0 radical (unpaired) electrons. The highest BCUT2D eigenvalue weighted by molar-refractivity contribution is 5.81. The number of hydrogen-bond acceptors (Lipinski definition) is 1.